The Bertz CT molecular complexity index is 468. The molecular formula is C10H13N3. The standard InChI is InChI=1S/C10H13N3/c1-6-4-5-13-9(11)8(3)12-10(13)7(6)2/h4-5H,11H2,1-3H3. The lowest BCUT2D eigenvalue weighted by atomic mass is 10.2. The second-order valence-electron chi connectivity index (χ2n) is 3.40. The molecule has 0 bridgehead atoms. The second-order valence-corrected chi connectivity index (χ2v) is 3.40. The fraction of sp³-hybridized carbons (Fsp3) is 0.300. The summed E-state index contributed by atoms with van der Waals surface area (Å²) in [4.78, 5) is 4.41. The summed E-state index contributed by atoms with van der Waals surface area (Å²) in [6.07, 6.45) is 1.97. The molecule has 0 saturated heterocycles. The second kappa shape index (κ2) is 2.49. The van der Waals surface area contributed by atoms with E-state index in [1.807, 2.05) is 17.5 Å². The van der Waals surface area contributed by atoms with Crippen molar-refractivity contribution < 1.29 is 0 Å². The van der Waals surface area contributed by atoms with E-state index in [1.54, 1.807) is 0 Å². The van der Waals surface area contributed by atoms with Gasteiger partial charge in [0, 0.05) is 6.20 Å². The Morgan fingerprint density at radius 2 is 2.00 bits per heavy atom. The lowest BCUT2D eigenvalue weighted by Crippen LogP contribution is -1.95. The van der Waals surface area contributed by atoms with Gasteiger partial charge in [-0.1, -0.05) is 0 Å². The lowest BCUT2D eigenvalue weighted by Gasteiger charge is -2.02. The highest BCUT2D eigenvalue weighted by molar-refractivity contribution is 5.58. The van der Waals surface area contributed by atoms with E-state index in [9.17, 15) is 0 Å². The molecule has 0 aliphatic rings. The third-order valence-corrected chi connectivity index (χ3v) is 2.53. The number of rotatable bonds is 0. The summed E-state index contributed by atoms with van der Waals surface area (Å²) in [5.74, 6) is 0.734. The molecule has 0 atom stereocenters. The fourth-order valence-corrected chi connectivity index (χ4v) is 1.46. The highest BCUT2D eigenvalue weighted by atomic mass is 15.1. The SMILES string of the molecule is Cc1ccn2c(N)c(C)nc2c1C. The summed E-state index contributed by atoms with van der Waals surface area (Å²) < 4.78 is 1.93. The van der Waals surface area contributed by atoms with Crippen molar-refractivity contribution in [1.29, 1.82) is 0 Å². The van der Waals surface area contributed by atoms with Crippen LogP contribution in [0.3, 0.4) is 0 Å². The van der Waals surface area contributed by atoms with Gasteiger partial charge in [-0.3, -0.25) is 4.40 Å². The molecule has 13 heavy (non-hydrogen) atoms. The Hall–Kier alpha value is -1.51. The van der Waals surface area contributed by atoms with Crippen LogP contribution in [0.4, 0.5) is 5.82 Å². The Kier molecular flexibility index (Phi) is 1.55. The van der Waals surface area contributed by atoms with E-state index in [0.717, 1.165) is 17.2 Å². The molecule has 2 aromatic heterocycles. The van der Waals surface area contributed by atoms with Gasteiger partial charge in [-0.15, -0.1) is 0 Å². The largest absolute Gasteiger partial charge is 0.383 e. The van der Waals surface area contributed by atoms with Crippen molar-refractivity contribution >= 4 is 11.5 Å². The summed E-state index contributed by atoms with van der Waals surface area (Å²) in [6.45, 7) is 6.07. The minimum absolute atomic E-state index is 0.734. The Labute approximate surface area is 77.2 Å². The molecule has 0 unspecified atom stereocenters. The summed E-state index contributed by atoms with van der Waals surface area (Å²) in [5, 5.41) is 0. The third-order valence-electron chi connectivity index (χ3n) is 2.53. The molecule has 0 aliphatic carbocycles. The number of nitrogen functional groups attached to an aromatic ring is 1. The number of aromatic nitrogens is 2. The van der Waals surface area contributed by atoms with E-state index in [2.05, 4.69) is 24.9 Å². The average Bonchev–Trinajstić information content (AvgIpc) is 2.38. The van der Waals surface area contributed by atoms with Gasteiger partial charge in [0.15, 0.2) is 0 Å². The average molecular weight is 175 g/mol. The van der Waals surface area contributed by atoms with Crippen LogP contribution in [0.1, 0.15) is 16.8 Å². The number of fused-ring (bicyclic) bond motifs is 1. The van der Waals surface area contributed by atoms with Crippen molar-refractivity contribution in [3.05, 3.63) is 29.1 Å². The van der Waals surface area contributed by atoms with Crippen LogP contribution in [0, 0.1) is 20.8 Å². The van der Waals surface area contributed by atoms with E-state index < -0.39 is 0 Å². The van der Waals surface area contributed by atoms with Gasteiger partial charge in [0.05, 0.1) is 5.69 Å². The summed E-state index contributed by atoms with van der Waals surface area (Å²) in [6, 6.07) is 2.06. The fourth-order valence-electron chi connectivity index (χ4n) is 1.46. The minimum Gasteiger partial charge on any atom is -0.383 e. The molecule has 0 spiro atoms. The van der Waals surface area contributed by atoms with Crippen molar-refractivity contribution in [3.8, 4) is 0 Å². The molecule has 0 fully saturated rings. The van der Waals surface area contributed by atoms with Gasteiger partial charge >= 0.3 is 0 Å². The zero-order valence-electron chi connectivity index (χ0n) is 8.13. The van der Waals surface area contributed by atoms with Crippen LogP contribution in [-0.4, -0.2) is 9.38 Å². The van der Waals surface area contributed by atoms with Crippen molar-refractivity contribution in [2.75, 3.05) is 5.73 Å². The van der Waals surface area contributed by atoms with Gasteiger partial charge in [-0.2, -0.15) is 0 Å². The first-order chi connectivity index (χ1) is 6.11. The minimum atomic E-state index is 0.734. The molecule has 0 saturated carbocycles. The number of imidazole rings is 1. The monoisotopic (exact) mass is 175 g/mol. The molecule has 2 N–H and O–H groups in total. The van der Waals surface area contributed by atoms with E-state index >= 15 is 0 Å². The van der Waals surface area contributed by atoms with Crippen molar-refractivity contribution in [1.82, 2.24) is 9.38 Å². The predicted molar refractivity (Wildman–Crippen MR) is 53.8 cm³/mol. The number of aryl methyl sites for hydroxylation is 3. The summed E-state index contributed by atoms with van der Waals surface area (Å²) in [7, 11) is 0. The number of hydrogen-bond donors (Lipinski definition) is 1. The van der Waals surface area contributed by atoms with Crippen molar-refractivity contribution in [2.24, 2.45) is 0 Å². The molecule has 0 aliphatic heterocycles. The number of nitrogens with two attached hydrogens (primary N) is 1. The predicted octanol–water partition coefficient (Wildman–Crippen LogP) is 1.84. The van der Waals surface area contributed by atoms with Crippen LogP contribution in [0.5, 0.6) is 0 Å². The highest BCUT2D eigenvalue weighted by Gasteiger charge is 2.07. The lowest BCUT2D eigenvalue weighted by molar-refractivity contribution is 1.15. The van der Waals surface area contributed by atoms with E-state index in [4.69, 9.17) is 5.73 Å². The smallest absolute Gasteiger partial charge is 0.141 e. The first-order valence-electron chi connectivity index (χ1n) is 4.31. The number of nitrogens with zero attached hydrogens (tertiary/aromatic N) is 2. The molecule has 3 heteroatoms. The van der Waals surface area contributed by atoms with Crippen LogP contribution in [0.25, 0.3) is 5.65 Å². The van der Waals surface area contributed by atoms with Gasteiger partial charge in [-0.05, 0) is 38.0 Å². The first-order valence-corrected chi connectivity index (χ1v) is 4.31. The van der Waals surface area contributed by atoms with E-state index in [0.29, 0.717) is 0 Å². The third kappa shape index (κ3) is 1.00. The number of hydrogen-bond acceptors (Lipinski definition) is 2. The maximum atomic E-state index is 5.86. The molecule has 2 heterocycles. The maximum absolute atomic E-state index is 5.86. The van der Waals surface area contributed by atoms with E-state index in [1.165, 1.54) is 11.1 Å². The molecule has 0 aromatic carbocycles. The van der Waals surface area contributed by atoms with Gasteiger partial charge in [0.25, 0.3) is 0 Å². The molecule has 68 valence electrons. The topological polar surface area (TPSA) is 43.3 Å². The Balaban J connectivity index is 2.94. The molecule has 0 amide bonds. The molecule has 2 rings (SSSR count). The Morgan fingerprint density at radius 3 is 2.69 bits per heavy atom. The van der Waals surface area contributed by atoms with Crippen LogP contribution in [-0.2, 0) is 0 Å². The van der Waals surface area contributed by atoms with Gasteiger partial charge in [-0.25, -0.2) is 4.98 Å². The zero-order valence-corrected chi connectivity index (χ0v) is 8.13. The molecule has 0 radical (unpaired) electrons. The van der Waals surface area contributed by atoms with Gasteiger partial charge < -0.3 is 5.73 Å². The molecule has 2 aromatic rings. The summed E-state index contributed by atoms with van der Waals surface area (Å²) in [5.41, 5.74) is 10.2. The normalized spacial score (nSPS) is 11.0. The summed E-state index contributed by atoms with van der Waals surface area (Å²) >= 11 is 0. The van der Waals surface area contributed by atoms with Gasteiger partial charge in [0.2, 0.25) is 0 Å². The number of anilines is 1. The van der Waals surface area contributed by atoms with Crippen LogP contribution in [0.2, 0.25) is 0 Å². The van der Waals surface area contributed by atoms with Crippen molar-refractivity contribution in [2.45, 2.75) is 20.8 Å². The molecule has 3 nitrogen and oxygen atoms in total. The van der Waals surface area contributed by atoms with Crippen molar-refractivity contribution in [3.63, 3.8) is 0 Å². The number of pyridine rings is 1. The van der Waals surface area contributed by atoms with Crippen LogP contribution < -0.4 is 5.73 Å². The zero-order chi connectivity index (χ0) is 9.59. The highest BCUT2D eigenvalue weighted by Crippen LogP contribution is 2.18. The maximum Gasteiger partial charge on any atom is 0.141 e. The van der Waals surface area contributed by atoms with Crippen LogP contribution >= 0.6 is 0 Å². The van der Waals surface area contributed by atoms with Crippen LogP contribution in [0.15, 0.2) is 12.3 Å². The quantitative estimate of drug-likeness (QED) is 0.664. The van der Waals surface area contributed by atoms with Gasteiger partial charge in [0.1, 0.15) is 11.5 Å². The first kappa shape index (κ1) is 8.10. The van der Waals surface area contributed by atoms with E-state index in [-0.39, 0.29) is 0 Å². The molecular weight excluding hydrogens is 162 g/mol. The Morgan fingerprint density at radius 1 is 1.31 bits per heavy atom.